The largest absolute Gasteiger partial charge is 0.399 e. The molecule has 6 nitrogen and oxygen atoms in total. The standard InChI is InChI=1S/C15H20N4O2S2/c16-12-3-5-14(6-4-12)23(20,21)18-15-17-11-13(22-15)7-10-19-8-1-2-9-19/h3-7H,1-2,8-11,16H2,(H,17,18)/b13-7+. The quantitative estimate of drug-likeness (QED) is 0.804. The van der Waals surface area contributed by atoms with E-state index in [1.807, 2.05) is 0 Å². The first-order valence-electron chi connectivity index (χ1n) is 7.55. The maximum Gasteiger partial charge on any atom is 0.263 e. The highest BCUT2D eigenvalue weighted by Crippen LogP contribution is 2.25. The van der Waals surface area contributed by atoms with Crippen LogP contribution in [0.3, 0.4) is 0 Å². The third-order valence-electron chi connectivity index (χ3n) is 3.79. The minimum absolute atomic E-state index is 0.185. The van der Waals surface area contributed by atoms with Gasteiger partial charge in [0.15, 0.2) is 5.17 Å². The molecule has 0 atom stereocenters. The Morgan fingerprint density at radius 1 is 1.26 bits per heavy atom. The summed E-state index contributed by atoms with van der Waals surface area (Å²) in [4.78, 5) is 7.94. The zero-order valence-corrected chi connectivity index (χ0v) is 14.4. The molecule has 8 heteroatoms. The molecular formula is C15H20N4O2S2. The van der Waals surface area contributed by atoms with Gasteiger partial charge in [-0.3, -0.25) is 14.6 Å². The van der Waals surface area contributed by atoms with Crippen LogP contribution in [0.15, 0.2) is 45.1 Å². The zero-order chi connectivity index (χ0) is 16.3. The molecule has 0 bridgehead atoms. The van der Waals surface area contributed by atoms with Crippen LogP contribution in [0.1, 0.15) is 12.8 Å². The Labute approximate surface area is 140 Å². The molecule has 1 aromatic rings. The molecule has 0 saturated carbocycles. The normalized spacial score (nSPS) is 20.9. The van der Waals surface area contributed by atoms with Gasteiger partial charge in [0, 0.05) is 17.1 Å². The molecule has 1 saturated heterocycles. The van der Waals surface area contributed by atoms with E-state index in [-0.39, 0.29) is 4.90 Å². The third kappa shape index (κ3) is 4.27. The number of aliphatic imine (C=N–C) groups is 1. The second-order valence-electron chi connectivity index (χ2n) is 5.58. The number of anilines is 1. The number of nitrogens with one attached hydrogen (secondary N) is 1. The Morgan fingerprint density at radius 3 is 2.65 bits per heavy atom. The third-order valence-corrected chi connectivity index (χ3v) is 6.26. The average Bonchev–Trinajstić information content (AvgIpc) is 3.16. The van der Waals surface area contributed by atoms with Gasteiger partial charge in [-0.1, -0.05) is 17.8 Å². The molecule has 0 amide bonds. The molecule has 1 aromatic carbocycles. The van der Waals surface area contributed by atoms with E-state index in [9.17, 15) is 8.42 Å². The summed E-state index contributed by atoms with van der Waals surface area (Å²) < 4.78 is 27.1. The van der Waals surface area contributed by atoms with Gasteiger partial charge in [-0.2, -0.15) is 0 Å². The van der Waals surface area contributed by atoms with Gasteiger partial charge in [0.25, 0.3) is 10.0 Å². The summed E-state index contributed by atoms with van der Waals surface area (Å²) in [6.07, 6.45) is 4.67. The van der Waals surface area contributed by atoms with E-state index in [4.69, 9.17) is 5.73 Å². The fourth-order valence-corrected chi connectivity index (χ4v) is 4.58. The van der Waals surface area contributed by atoms with Crippen molar-refractivity contribution in [1.29, 1.82) is 0 Å². The van der Waals surface area contributed by atoms with Crippen molar-refractivity contribution >= 4 is 32.6 Å². The number of hydrogen-bond acceptors (Lipinski definition) is 6. The summed E-state index contributed by atoms with van der Waals surface area (Å²) in [5, 5.41) is 0.425. The monoisotopic (exact) mass is 352 g/mol. The smallest absolute Gasteiger partial charge is 0.263 e. The predicted molar refractivity (Wildman–Crippen MR) is 94.8 cm³/mol. The Hall–Kier alpha value is -1.51. The number of rotatable bonds is 4. The van der Waals surface area contributed by atoms with Crippen LogP contribution in [-0.4, -0.2) is 44.7 Å². The van der Waals surface area contributed by atoms with Gasteiger partial charge in [-0.15, -0.1) is 0 Å². The van der Waals surface area contributed by atoms with E-state index in [1.165, 1.54) is 36.7 Å². The van der Waals surface area contributed by atoms with Crippen molar-refractivity contribution in [3.05, 3.63) is 35.2 Å². The Kier molecular flexibility index (Phi) is 4.93. The van der Waals surface area contributed by atoms with Crippen molar-refractivity contribution in [1.82, 2.24) is 9.62 Å². The molecule has 0 aromatic heterocycles. The highest BCUT2D eigenvalue weighted by molar-refractivity contribution is 8.18. The lowest BCUT2D eigenvalue weighted by Crippen LogP contribution is -2.27. The van der Waals surface area contributed by atoms with Gasteiger partial charge in [0.05, 0.1) is 11.4 Å². The fraction of sp³-hybridized carbons (Fsp3) is 0.400. The molecule has 23 heavy (non-hydrogen) atoms. The summed E-state index contributed by atoms with van der Waals surface area (Å²) in [7, 11) is -3.61. The Balaban J connectivity index is 1.58. The van der Waals surface area contributed by atoms with Crippen LogP contribution in [0.2, 0.25) is 0 Å². The van der Waals surface area contributed by atoms with Crippen LogP contribution in [0.25, 0.3) is 0 Å². The number of nitrogen functional groups attached to an aromatic ring is 1. The number of nitrogens with two attached hydrogens (primary N) is 1. The molecule has 2 heterocycles. The highest BCUT2D eigenvalue weighted by Gasteiger charge is 2.21. The minimum Gasteiger partial charge on any atom is -0.399 e. The second kappa shape index (κ2) is 6.94. The lowest BCUT2D eigenvalue weighted by atomic mass is 10.3. The lowest BCUT2D eigenvalue weighted by Gasteiger charge is -2.11. The van der Waals surface area contributed by atoms with Gasteiger partial charge >= 0.3 is 0 Å². The van der Waals surface area contributed by atoms with E-state index in [0.717, 1.165) is 24.5 Å². The Bertz CT molecular complexity index is 720. The number of thioether (sulfide) groups is 1. The molecule has 1 fully saturated rings. The summed E-state index contributed by atoms with van der Waals surface area (Å²) in [6.45, 7) is 3.74. The summed E-state index contributed by atoms with van der Waals surface area (Å²) >= 11 is 1.39. The van der Waals surface area contributed by atoms with E-state index >= 15 is 0 Å². The van der Waals surface area contributed by atoms with Gasteiger partial charge in [0.2, 0.25) is 0 Å². The maximum absolute atomic E-state index is 12.3. The van der Waals surface area contributed by atoms with Crippen molar-refractivity contribution in [3.8, 4) is 0 Å². The van der Waals surface area contributed by atoms with Crippen LogP contribution in [0.5, 0.6) is 0 Å². The summed E-state index contributed by atoms with van der Waals surface area (Å²) in [6, 6.07) is 6.11. The zero-order valence-electron chi connectivity index (χ0n) is 12.7. The summed E-state index contributed by atoms with van der Waals surface area (Å²) in [5.74, 6) is 0. The number of likely N-dealkylation sites (tertiary alicyclic amines) is 1. The van der Waals surface area contributed by atoms with E-state index < -0.39 is 10.0 Å². The van der Waals surface area contributed by atoms with E-state index in [2.05, 4.69) is 20.7 Å². The lowest BCUT2D eigenvalue weighted by molar-refractivity contribution is 0.377. The van der Waals surface area contributed by atoms with Gasteiger partial charge in [-0.25, -0.2) is 8.42 Å². The van der Waals surface area contributed by atoms with Gasteiger partial charge < -0.3 is 5.73 Å². The first kappa shape index (κ1) is 16.4. The van der Waals surface area contributed by atoms with Crippen LogP contribution in [-0.2, 0) is 10.0 Å². The summed E-state index contributed by atoms with van der Waals surface area (Å²) in [5.41, 5.74) is 6.11. The molecule has 124 valence electrons. The van der Waals surface area contributed by atoms with E-state index in [1.54, 1.807) is 12.1 Å². The van der Waals surface area contributed by atoms with Crippen molar-refractivity contribution in [3.63, 3.8) is 0 Å². The molecule has 0 aliphatic carbocycles. The number of hydrogen-bond donors (Lipinski definition) is 2. The molecule has 0 unspecified atom stereocenters. The molecule has 2 aliphatic heterocycles. The maximum atomic E-state index is 12.3. The molecule has 2 aliphatic rings. The van der Waals surface area contributed by atoms with Crippen LogP contribution >= 0.6 is 11.8 Å². The molecular weight excluding hydrogens is 332 g/mol. The highest BCUT2D eigenvalue weighted by atomic mass is 32.2. The van der Waals surface area contributed by atoms with Crippen LogP contribution < -0.4 is 10.5 Å². The number of sulfonamides is 1. The number of amidine groups is 1. The fourth-order valence-electron chi connectivity index (χ4n) is 2.51. The Morgan fingerprint density at radius 2 is 1.96 bits per heavy atom. The molecule has 0 spiro atoms. The van der Waals surface area contributed by atoms with Crippen molar-refractivity contribution in [2.75, 3.05) is 31.9 Å². The topological polar surface area (TPSA) is 87.8 Å². The number of benzene rings is 1. The van der Waals surface area contributed by atoms with Crippen molar-refractivity contribution < 1.29 is 8.42 Å². The molecule has 0 radical (unpaired) electrons. The predicted octanol–water partition coefficient (Wildman–Crippen LogP) is 1.63. The second-order valence-corrected chi connectivity index (χ2v) is 8.37. The first-order valence-corrected chi connectivity index (χ1v) is 9.85. The SMILES string of the molecule is Nc1ccc(S(=O)(=O)NC2=NC/C(=C\CN3CCCC3)S2)cc1. The van der Waals surface area contributed by atoms with Gasteiger partial charge in [-0.05, 0) is 50.2 Å². The van der Waals surface area contributed by atoms with Crippen LogP contribution in [0.4, 0.5) is 5.69 Å². The first-order chi connectivity index (χ1) is 11.0. The molecule has 3 N–H and O–H groups in total. The van der Waals surface area contributed by atoms with Gasteiger partial charge in [0.1, 0.15) is 0 Å². The molecule has 3 rings (SSSR count). The number of nitrogens with zero attached hydrogens (tertiary/aromatic N) is 2. The average molecular weight is 352 g/mol. The van der Waals surface area contributed by atoms with Crippen molar-refractivity contribution in [2.45, 2.75) is 17.7 Å². The minimum atomic E-state index is -3.61. The van der Waals surface area contributed by atoms with E-state index in [0.29, 0.717) is 17.4 Å². The van der Waals surface area contributed by atoms with Crippen LogP contribution in [0, 0.1) is 0 Å². The van der Waals surface area contributed by atoms with Crippen molar-refractivity contribution in [2.24, 2.45) is 4.99 Å².